The molecular formula is C20H24O4. The van der Waals surface area contributed by atoms with Gasteiger partial charge in [-0.15, -0.1) is 0 Å². The Morgan fingerprint density at radius 2 is 1.29 bits per heavy atom. The Morgan fingerprint density at radius 1 is 0.750 bits per heavy atom. The molecule has 0 saturated heterocycles. The van der Waals surface area contributed by atoms with Gasteiger partial charge in [0.15, 0.2) is 0 Å². The van der Waals surface area contributed by atoms with E-state index in [-0.39, 0.29) is 11.1 Å². The highest BCUT2D eigenvalue weighted by atomic mass is 16.6. The van der Waals surface area contributed by atoms with Crippen LogP contribution in [0.2, 0.25) is 0 Å². The molecule has 0 aliphatic heterocycles. The van der Waals surface area contributed by atoms with Gasteiger partial charge in [-0.25, -0.2) is 9.59 Å². The first kappa shape index (κ1) is 18.0. The van der Waals surface area contributed by atoms with Crippen LogP contribution in [-0.2, 0) is 9.47 Å². The van der Waals surface area contributed by atoms with Crippen LogP contribution < -0.4 is 0 Å². The number of rotatable bonds is 2. The lowest BCUT2D eigenvalue weighted by molar-refractivity contribution is 0.00205. The number of hydrogen-bond donors (Lipinski definition) is 0. The fourth-order valence-electron chi connectivity index (χ4n) is 2.32. The van der Waals surface area contributed by atoms with Gasteiger partial charge < -0.3 is 9.47 Å². The Hall–Kier alpha value is -2.36. The van der Waals surface area contributed by atoms with Crippen LogP contribution in [0.1, 0.15) is 62.3 Å². The maximum atomic E-state index is 12.7. The van der Waals surface area contributed by atoms with E-state index in [0.29, 0.717) is 5.39 Å². The van der Waals surface area contributed by atoms with Crippen molar-refractivity contribution in [3.8, 4) is 0 Å². The molecule has 0 saturated carbocycles. The number of esters is 2. The van der Waals surface area contributed by atoms with Crippen LogP contribution in [0.4, 0.5) is 0 Å². The number of hydrogen-bond acceptors (Lipinski definition) is 4. The van der Waals surface area contributed by atoms with E-state index in [0.717, 1.165) is 5.39 Å². The topological polar surface area (TPSA) is 52.6 Å². The normalized spacial score (nSPS) is 12.1. The molecule has 0 aromatic heterocycles. The van der Waals surface area contributed by atoms with Crippen LogP contribution in [0.25, 0.3) is 10.8 Å². The molecule has 0 amide bonds. The molecule has 0 heterocycles. The number of carbonyl (C=O) groups excluding carboxylic acids is 2. The zero-order chi connectivity index (χ0) is 18.1. The molecule has 4 nitrogen and oxygen atoms in total. The highest BCUT2D eigenvalue weighted by Crippen LogP contribution is 2.27. The van der Waals surface area contributed by atoms with Gasteiger partial charge in [0.1, 0.15) is 11.2 Å². The summed E-state index contributed by atoms with van der Waals surface area (Å²) in [6, 6.07) is 10.8. The van der Waals surface area contributed by atoms with Gasteiger partial charge in [-0.05, 0) is 58.4 Å². The minimum absolute atomic E-state index is 0.220. The summed E-state index contributed by atoms with van der Waals surface area (Å²) < 4.78 is 11.0. The van der Waals surface area contributed by atoms with Gasteiger partial charge in [0.2, 0.25) is 0 Å². The van der Waals surface area contributed by atoms with E-state index in [1.165, 1.54) is 0 Å². The van der Waals surface area contributed by atoms with E-state index in [1.54, 1.807) is 47.6 Å². The van der Waals surface area contributed by atoms with E-state index in [9.17, 15) is 9.59 Å². The highest BCUT2D eigenvalue weighted by Gasteiger charge is 2.27. The van der Waals surface area contributed by atoms with E-state index >= 15 is 0 Å². The fourth-order valence-corrected chi connectivity index (χ4v) is 2.32. The number of carbonyl (C=O) groups is 2. The monoisotopic (exact) mass is 328 g/mol. The Labute approximate surface area is 142 Å². The van der Waals surface area contributed by atoms with Gasteiger partial charge in [0.25, 0.3) is 0 Å². The Bertz CT molecular complexity index is 776. The van der Waals surface area contributed by atoms with Gasteiger partial charge in [0.05, 0.1) is 11.1 Å². The van der Waals surface area contributed by atoms with Gasteiger partial charge in [0, 0.05) is 0 Å². The van der Waals surface area contributed by atoms with Crippen molar-refractivity contribution in [1.82, 2.24) is 0 Å². The molecule has 0 aliphatic carbocycles. The molecular weight excluding hydrogens is 304 g/mol. The summed E-state index contributed by atoms with van der Waals surface area (Å²) >= 11 is 0. The van der Waals surface area contributed by atoms with E-state index < -0.39 is 23.1 Å². The summed E-state index contributed by atoms with van der Waals surface area (Å²) in [5.41, 5.74) is -0.831. The molecule has 0 aliphatic rings. The first-order valence-electron chi connectivity index (χ1n) is 7.96. The second-order valence-corrected chi connectivity index (χ2v) is 7.71. The van der Waals surface area contributed by atoms with Crippen molar-refractivity contribution in [2.45, 2.75) is 52.7 Å². The van der Waals surface area contributed by atoms with Crippen LogP contribution >= 0.6 is 0 Å². The molecule has 0 unspecified atom stereocenters. The molecule has 0 fully saturated rings. The van der Waals surface area contributed by atoms with Crippen molar-refractivity contribution in [3.05, 3.63) is 47.5 Å². The lowest BCUT2D eigenvalue weighted by atomic mass is 9.98. The molecule has 0 bridgehead atoms. The molecule has 2 aromatic rings. The lowest BCUT2D eigenvalue weighted by Gasteiger charge is -2.23. The largest absolute Gasteiger partial charge is 0.456 e. The van der Waals surface area contributed by atoms with Gasteiger partial charge >= 0.3 is 11.9 Å². The van der Waals surface area contributed by atoms with Crippen LogP contribution in [0.3, 0.4) is 0 Å². The summed E-state index contributed by atoms with van der Waals surface area (Å²) in [5, 5.41) is 1.54. The second-order valence-electron chi connectivity index (χ2n) is 7.71. The lowest BCUT2D eigenvalue weighted by Crippen LogP contribution is -2.28. The summed E-state index contributed by atoms with van der Waals surface area (Å²) in [6.45, 7) is 10.8. The third-order valence-corrected chi connectivity index (χ3v) is 3.15. The molecule has 0 N–H and O–H groups in total. The average molecular weight is 328 g/mol. The minimum Gasteiger partial charge on any atom is -0.456 e. The van der Waals surface area contributed by atoms with E-state index in [1.807, 2.05) is 30.3 Å². The number of ether oxygens (including phenoxy) is 2. The van der Waals surface area contributed by atoms with Gasteiger partial charge in [-0.2, -0.15) is 0 Å². The van der Waals surface area contributed by atoms with Crippen molar-refractivity contribution in [2.24, 2.45) is 0 Å². The molecule has 2 rings (SSSR count). The van der Waals surface area contributed by atoms with Gasteiger partial charge in [-0.3, -0.25) is 0 Å². The van der Waals surface area contributed by atoms with Crippen molar-refractivity contribution in [3.63, 3.8) is 0 Å². The summed E-state index contributed by atoms with van der Waals surface area (Å²) in [7, 11) is 0. The van der Waals surface area contributed by atoms with Crippen LogP contribution in [0, 0.1) is 0 Å². The number of fused-ring (bicyclic) bond motifs is 1. The maximum Gasteiger partial charge on any atom is 0.340 e. The van der Waals surface area contributed by atoms with Crippen LogP contribution in [0.15, 0.2) is 36.4 Å². The quantitative estimate of drug-likeness (QED) is 0.747. The van der Waals surface area contributed by atoms with Gasteiger partial charge in [-0.1, -0.05) is 30.3 Å². The van der Waals surface area contributed by atoms with Crippen molar-refractivity contribution < 1.29 is 19.1 Å². The molecule has 128 valence electrons. The molecule has 0 radical (unpaired) electrons. The number of benzene rings is 2. The van der Waals surface area contributed by atoms with Crippen molar-refractivity contribution >= 4 is 22.7 Å². The van der Waals surface area contributed by atoms with Crippen LogP contribution in [0.5, 0.6) is 0 Å². The first-order chi connectivity index (χ1) is 11.0. The molecule has 2 aromatic carbocycles. The van der Waals surface area contributed by atoms with Crippen LogP contribution in [-0.4, -0.2) is 23.1 Å². The summed E-state index contributed by atoms with van der Waals surface area (Å²) in [4.78, 5) is 25.3. The Balaban J connectivity index is 2.61. The molecule has 0 spiro atoms. The standard InChI is InChI=1S/C20H24O4/c1-19(2,3)23-17(21)15-12-11-13-9-7-8-10-14(13)16(15)18(22)24-20(4,5)6/h7-12H,1-6H3. The average Bonchev–Trinajstić information content (AvgIpc) is 2.42. The Morgan fingerprint density at radius 3 is 1.88 bits per heavy atom. The first-order valence-corrected chi connectivity index (χ1v) is 7.96. The predicted octanol–water partition coefficient (Wildman–Crippen LogP) is 4.75. The third-order valence-electron chi connectivity index (χ3n) is 3.15. The zero-order valence-corrected chi connectivity index (χ0v) is 15.1. The third kappa shape index (κ3) is 4.34. The fraction of sp³-hybridized carbons (Fsp3) is 0.400. The molecule has 0 atom stereocenters. The highest BCUT2D eigenvalue weighted by molar-refractivity contribution is 6.12. The zero-order valence-electron chi connectivity index (χ0n) is 15.1. The second kappa shape index (κ2) is 6.27. The minimum atomic E-state index is -0.654. The summed E-state index contributed by atoms with van der Waals surface area (Å²) in [5.74, 6) is -1.06. The van der Waals surface area contributed by atoms with E-state index in [2.05, 4.69) is 0 Å². The maximum absolute atomic E-state index is 12.7. The SMILES string of the molecule is CC(C)(C)OC(=O)c1ccc2ccccc2c1C(=O)OC(C)(C)C. The van der Waals surface area contributed by atoms with Crippen molar-refractivity contribution in [2.75, 3.05) is 0 Å². The van der Waals surface area contributed by atoms with E-state index in [4.69, 9.17) is 9.47 Å². The smallest absolute Gasteiger partial charge is 0.340 e. The molecule has 4 heteroatoms. The summed E-state index contributed by atoms with van der Waals surface area (Å²) in [6.07, 6.45) is 0. The van der Waals surface area contributed by atoms with Crippen molar-refractivity contribution in [1.29, 1.82) is 0 Å². The Kier molecular flexibility index (Phi) is 4.70. The molecule has 24 heavy (non-hydrogen) atoms. The predicted molar refractivity (Wildman–Crippen MR) is 94.3 cm³/mol.